The molecule has 0 unspecified atom stereocenters. The molecule has 2 aromatic carbocycles. The summed E-state index contributed by atoms with van der Waals surface area (Å²) in [4.78, 5) is 0. The van der Waals surface area contributed by atoms with Crippen molar-refractivity contribution in [1.82, 2.24) is 0 Å². The van der Waals surface area contributed by atoms with E-state index in [1.165, 1.54) is 21.2 Å². The molecule has 0 fully saturated rings. The monoisotopic (exact) mass is 165 g/mol. The summed E-state index contributed by atoms with van der Waals surface area (Å²) in [6.07, 6.45) is 6.41. The number of benzene rings is 2. The van der Waals surface area contributed by atoms with Crippen molar-refractivity contribution < 1.29 is 0 Å². The molecule has 0 amide bonds. The largest absolute Gasteiger partial charge is 0.126 e. The van der Waals surface area contributed by atoms with Gasteiger partial charge in [-0.2, -0.15) is 0 Å². The molecule has 1 aliphatic rings. The summed E-state index contributed by atoms with van der Waals surface area (Å²) < 4.78 is 0. The Balaban J connectivity index is 2.58. The highest BCUT2D eigenvalue weighted by Crippen LogP contribution is 2.08. The summed E-state index contributed by atoms with van der Waals surface area (Å²) in [5.41, 5.74) is 0. The highest BCUT2D eigenvalue weighted by molar-refractivity contribution is 5.84. The maximum absolute atomic E-state index is 2.24. The van der Waals surface area contributed by atoms with Crippen LogP contribution in [0.4, 0.5) is 0 Å². The number of hydrogen-bond donors (Lipinski definition) is 0. The van der Waals surface area contributed by atoms with Gasteiger partial charge in [-0.25, -0.2) is 0 Å². The SMILES string of the molecule is C1=c2cc3ccccc3cc2=C[CH+]1. The topological polar surface area (TPSA) is 0 Å². The Labute approximate surface area is 76.8 Å². The smallest absolute Gasteiger partial charge is 0.0616 e. The summed E-state index contributed by atoms with van der Waals surface area (Å²) in [7, 11) is 0. The lowest BCUT2D eigenvalue weighted by Crippen LogP contribution is -2.20. The highest BCUT2D eigenvalue weighted by atomic mass is 14.0. The number of rotatable bonds is 0. The lowest BCUT2D eigenvalue weighted by Gasteiger charge is -1.91. The van der Waals surface area contributed by atoms with Crippen molar-refractivity contribution in [3.8, 4) is 0 Å². The summed E-state index contributed by atoms with van der Waals surface area (Å²) in [6, 6.07) is 13.0. The van der Waals surface area contributed by atoms with Gasteiger partial charge in [0.25, 0.3) is 0 Å². The predicted octanol–water partition coefficient (Wildman–Crippen LogP) is 1.62. The first kappa shape index (κ1) is 6.79. The van der Waals surface area contributed by atoms with Crippen LogP contribution in [0.25, 0.3) is 22.9 Å². The zero-order valence-corrected chi connectivity index (χ0v) is 7.20. The quantitative estimate of drug-likeness (QED) is 0.520. The third-order valence-corrected chi connectivity index (χ3v) is 2.50. The molecule has 0 saturated heterocycles. The molecule has 0 bridgehead atoms. The van der Waals surface area contributed by atoms with Crippen LogP contribution in [0, 0.1) is 6.42 Å². The van der Waals surface area contributed by atoms with E-state index in [-0.39, 0.29) is 0 Å². The Bertz CT molecular complexity index is 524. The van der Waals surface area contributed by atoms with E-state index in [0.29, 0.717) is 0 Å². The van der Waals surface area contributed by atoms with Gasteiger partial charge < -0.3 is 0 Å². The average molecular weight is 165 g/mol. The van der Waals surface area contributed by atoms with Crippen molar-refractivity contribution in [3.63, 3.8) is 0 Å². The Kier molecular flexibility index (Phi) is 1.25. The van der Waals surface area contributed by atoms with Gasteiger partial charge in [0, 0.05) is 18.6 Å². The second kappa shape index (κ2) is 2.40. The molecular formula is C13H9+. The summed E-state index contributed by atoms with van der Waals surface area (Å²) in [5.74, 6) is 0. The molecule has 3 rings (SSSR count). The fraction of sp³-hybridized carbons (Fsp3) is 0. The van der Waals surface area contributed by atoms with E-state index in [2.05, 4.69) is 55.0 Å². The summed E-state index contributed by atoms with van der Waals surface area (Å²) in [6.45, 7) is 0. The molecule has 0 spiro atoms. The van der Waals surface area contributed by atoms with Crippen molar-refractivity contribution >= 4 is 22.9 Å². The molecule has 0 nitrogen and oxygen atoms in total. The second-order valence-electron chi connectivity index (χ2n) is 3.35. The normalized spacial score (nSPS) is 12.9. The number of hydrogen-bond acceptors (Lipinski definition) is 0. The van der Waals surface area contributed by atoms with E-state index in [0.717, 1.165) is 0 Å². The van der Waals surface area contributed by atoms with Gasteiger partial charge >= 0.3 is 0 Å². The third kappa shape index (κ3) is 0.955. The van der Waals surface area contributed by atoms with Gasteiger partial charge in [0.15, 0.2) is 0 Å². The van der Waals surface area contributed by atoms with Crippen LogP contribution in [-0.4, -0.2) is 0 Å². The highest BCUT2D eigenvalue weighted by Gasteiger charge is 2.04. The van der Waals surface area contributed by atoms with Gasteiger partial charge in [0.2, 0.25) is 0 Å². The minimum absolute atomic E-state index is 1.32. The van der Waals surface area contributed by atoms with Crippen LogP contribution in [0.3, 0.4) is 0 Å². The Morgan fingerprint density at radius 3 is 1.85 bits per heavy atom. The maximum Gasteiger partial charge on any atom is 0.126 e. The molecule has 0 heteroatoms. The minimum atomic E-state index is 1.32. The van der Waals surface area contributed by atoms with E-state index in [1.807, 2.05) is 0 Å². The van der Waals surface area contributed by atoms with E-state index >= 15 is 0 Å². The minimum Gasteiger partial charge on any atom is -0.0616 e. The lowest BCUT2D eigenvalue weighted by atomic mass is 10.1. The zero-order valence-electron chi connectivity index (χ0n) is 7.20. The fourth-order valence-electron chi connectivity index (χ4n) is 1.82. The van der Waals surface area contributed by atoms with Crippen LogP contribution in [0.15, 0.2) is 36.4 Å². The molecule has 0 radical (unpaired) electrons. The van der Waals surface area contributed by atoms with Crippen LogP contribution in [0.1, 0.15) is 0 Å². The van der Waals surface area contributed by atoms with Gasteiger partial charge in [0.05, 0.1) is 12.2 Å². The molecule has 1 aliphatic carbocycles. The second-order valence-corrected chi connectivity index (χ2v) is 3.35. The first-order valence-corrected chi connectivity index (χ1v) is 4.48. The molecule has 60 valence electrons. The van der Waals surface area contributed by atoms with E-state index in [9.17, 15) is 0 Å². The lowest BCUT2D eigenvalue weighted by molar-refractivity contribution is 1.60. The molecule has 13 heavy (non-hydrogen) atoms. The van der Waals surface area contributed by atoms with E-state index in [1.54, 1.807) is 0 Å². The molecule has 0 heterocycles. The van der Waals surface area contributed by atoms with Crippen LogP contribution in [0.2, 0.25) is 0 Å². The zero-order chi connectivity index (χ0) is 8.67. The maximum atomic E-state index is 2.24. The van der Waals surface area contributed by atoms with Crippen molar-refractivity contribution in [3.05, 3.63) is 53.3 Å². The van der Waals surface area contributed by atoms with Crippen LogP contribution in [0.5, 0.6) is 0 Å². The summed E-state index contributed by atoms with van der Waals surface area (Å²) >= 11 is 0. The van der Waals surface area contributed by atoms with Gasteiger partial charge in [-0.3, -0.25) is 0 Å². The van der Waals surface area contributed by atoms with E-state index in [4.69, 9.17) is 0 Å². The first-order chi connectivity index (χ1) is 6.43. The van der Waals surface area contributed by atoms with Crippen molar-refractivity contribution in [2.45, 2.75) is 0 Å². The molecule has 2 aromatic rings. The Hall–Kier alpha value is -1.69. The Morgan fingerprint density at radius 2 is 1.31 bits per heavy atom. The number of fused-ring (bicyclic) bond motifs is 2. The van der Waals surface area contributed by atoms with Crippen LogP contribution < -0.4 is 10.4 Å². The first-order valence-electron chi connectivity index (χ1n) is 4.48. The van der Waals surface area contributed by atoms with E-state index < -0.39 is 0 Å². The molecule has 0 aromatic heterocycles. The van der Waals surface area contributed by atoms with Gasteiger partial charge in [-0.05, 0) is 10.8 Å². The van der Waals surface area contributed by atoms with Gasteiger partial charge in [-0.1, -0.05) is 24.3 Å². The van der Waals surface area contributed by atoms with Crippen LogP contribution in [-0.2, 0) is 0 Å². The van der Waals surface area contributed by atoms with Crippen molar-refractivity contribution in [2.24, 2.45) is 0 Å². The Morgan fingerprint density at radius 1 is 0.769 bits per heavy atom. The fourth-order valence-corrected chi connectivity index (χ4v) is 1.82. The standard InChI is InChI=1S/C13H9/c1-2-5-11-9-13-7-3-6-12(13)8-10(11)4-1/h1-9H/q+1. The molecule has 0 saturated carbocycles. The predicted molar refractivity (Wildman–Crippen MR) is 56.4 cm³/mol. The van der Waals surface area contributed by atoms with Crippen molar-refractivity contribution in [1.29, 1.82) is 0 Å². The average Bonchev–Trinajstić information content (AvgIpc) is 2.61. The third-order valence-electron chi connectivity index (χ3n) is 2.50. The molecule has 0 N–H and O–H groups in total. The molecule has 0 atom stereocenters. The van der Waals surface area contributed by atoms with Crippen molar-refractivity contribution in [2.75, 3.05) is 0 Å². The van der Waals surface area contributed by atoms with Gasteiger partial charge in [0.1, 0.15) is 10.4 Å². The summed E-state index contributed by atoms with van der Waals surface area (Å²) in [5, 5.41) is 5.31. The molecular weight excluding hydrogens is 156 g/mol. The molecule has 0 aliphatic heterocycles. The van der Waals surface area contributed by atoms with Crippen LogP contribution >= 0.6 is 0 Å². The van der Waals surface area contributed by atoms with Gasteiger partial charge in [-0.15, -0.1) is 0 Å².